The molecule has 1 aromatic heterocycles. The Balaban J connectivity index is 1.99. The summed E-state index contributed by atoms with van der Waals surface area (Å²) in [6.45, 7) is 2.64. The Morgan fingerprint density at radius 2 is 2.04 bits per heavy atom. The SMILES string of the molecule is Cc1c(Cl)c(C(=O)N2CCNC(=O)C[C@H]2c2ccccc2)nn1C. The summed E-state index contributed by atoms with van der Waals surface area (Å²) in [5.41, 5.74) is 1.89. The first-order valence-corrected chi connectivity index (χ1v) is 8.18. The number of carbonyl (C=O) groups excluding carboxylic acids is 2. The average molecular weight is 347 g/mol. The standard InChI is InChI=1S/C17H19ClN4O2/c1-11-15(18)16(20-21(11)2)17(24)22-9-8-19-14(23)10-13(22)12-6-4-3-5-7-12/h3-7,13H,8-10H2,1-2H3,(H,19,23)/t13-/m0/s1. The quantitative estimate of drug-likeness (QED) is 0.905. The Morgan fingerprint density at radius 3 is 2.67 bits per heavy atom. The molecule has 6 nitrogen and oxygen atoms in total. The fourth-order valence-electron chi connectivity index (χ4n) is 2.90. The van der Waals surface area contributed by atoms with Crippen LogP contribution in [0.25, 0.3) is 0 Å². The van der Waals surface area contributed by atoms with Gasteiger partial charge in [0, 0.05) is 20.1 Å². The minimum atomic E-state index is -0.334. The maximum Gasteiger partial charge on any atom is 0.276 e. The highest BCUT2D eigenvalue weighted by Gasteiger charge is 2.33. The molecule has 24 heavy (non-hydrogen) atoms. The van der Waals surface area contributed by atoms with Gasteiger partial charge in [0.15, 0.2) is 5.69 Å². The summed E-state index contributed by atoms with van der Waals surface area (Å²) in [7, 11) is 1.75. The van der Waals surface area contributed by atoms with Crippen LogP contribution >= 0.6 is 11.6 Å². The number of nitrogens with zero attached hydrogens (tertiary/aromatic N) is 3. The van der Waals surface area contributed by atoms with Crippen LogP contribution in [0.5, 0.6) is 0 Å². The van der Waals surface area contributed by atoms with Crippen molar-refractivity contribution >= 4 is 23.4 Å². The smallest absolute Gasteiger partial charge is 0.276 e. The highest BCUT2D eigenvalue weighted by atomic mass is 35.5. The minimum absolute atomic E-state index is 0.0672. The summed E-state index contributed by atoms with van der Waals surface area (Å²) in [5, 5.41) is 7.43. The van der Waals surface area contributed by atoms with Crippen LogP contribution in [-0.2, 0) is 11.8 Å². The van der Waals surface area contributed by atoms with Gasteiger partial charge in [0.05, 0.1) is 23.2 Å². The minimum Gasteiger partial charge on any atom is -0.354 e. The molecule has 0 bridgehead atoms. The Kier molecular flexibility index (Phi) is 4.57. The van der Waals surface area contributed by atoms with Crippen molar-refractivity contribution in [1.82, 2.24) is 20.0 Å². The predicted molar refractivity (Wildman–Crippen MR) is 90.8 cm³/mol. The van der Waals surface area contributed by atoms with Gasteiger partial charge in [0.25, 0.3) is 5.91 Å². The van der Waals surface area contributed by atoms with Crippen LogP contribution in [0.3, 0.4) is 0 Å². The van der Waals surface area contributed by atoms with Crippen LogP contribution in [0.1, 0.15) is 34.2 Å². The van der Waals surface area contributed by atoms with E-state index in [0.29, 0.717) is 18.1 Å². The van der Waals surface area contributed by atoms with Crippen molar-refractivity contribution in [1.29, 1.82) is 0 Å². The second-order valence-electron chi connectivity index (χ2n) is 5.85. The van der Waals surface area contributed by atoms with Crippen molar-refractivity contribution < 1.29 is 9.59 Å². The molecule has 1 fully saturated rings. The molecular weight excluding hydrogens is 328 g/mol. The molecule has 0 saturated carbocycles. The molecule has 2 aromatic rings. The van der Waals surface area contributed by atoms with Gasteiger partial charge in [-0.2, -0.15) is 5.10 Å². The van der Waals surface area contributed by atoms with Crippen LogP contribution in [-0.4, -0.2) is 39.6 Å². The number of amides is 2. The number of halogens is 1. The third-order valence-corrected chi connectivity index (χ3v) is 4.79. The highest BCUT2D eigenvalue weighted by Crippen LogP contribution is 2.29. The molecule has 0 unspecified atom stereocenters. The fourth-order valence-corrected chi connectivity index (χ4v) is 3.14. The van der Waals surface area contributed by atoms with E-state index in [9.17, 15) is 9.59 Å². The topological polar surface area (TPSA) is 67.2 Å². The molecule has 0 radical (unpaired) electrons. The number of benzene rings is 1. The lowest BCUT2D eigenvalue weighted by atomic mass is 10.0. The molecule has 1 aromatic carbocycles. The second kappa shape index (κ2) is 6.65. The van der Waals surface area contributed by atoms with Crippen molar-refractivity contribution in [2.24, 2.45) is 7.05 Å². The maximum atomic E-state index is 13.1. The monoisotopic (exact) mass is 346 g/mol. The van der Waals surface area contributed by atoms with E-state index in [-0.39, 0.29) is 30.0 Å². The first kappa shape index (κ1) is 16.5. The lowest BCUT2D eigenvalue weighted by Crippen LogP contribution is -2.37. The van der Waals surface area contributed by atoms with Crippen LogP contribution in [0, 0.1) is 6.92 Å². The van der Waals surface area contributed by atoms with Gasteiger partial charge in [0.2, 0.25) is 5.91 Å². The van der Waals surface area contributed by atoms with Gasteiger partial charge in [-0.25, -0.2) is 0 Å². The Morgan fingerprint density at radius 1 is 1.33 bits per heavy atom. The molecule has 2 amide bonds. The molecule has 1 atom stereocenters. The summed E-state index contributed by atoms with van der Waals surface area (Å²) in [6.07, 6.45) is 0.221. The molecule has 1 N–H and O–H groups in total. The lowest BCUT2D eigenvalue weighted by Gasteiger charge is -2.29. The van der Waals surface area contributed by atoms with Gasteiger partial charge in [-0.05, 0) is 12.5 Å². The zero-order valence-corrected chi connectivity index (χ0v) is 14.4. The number of hydrogen-bond acceptors (Lipinski definition) is 3. The van der Waals surface area contributed by atoms with Crippen molar-refractivity contribution in [3.05, 3.63) is 52.3 Å². The predicted octanol–water partition coefficient (Wildman–Crippen LogP) is 2.09. The van der Waals surface area contributed by atoms with Gasteiger partial charge in [0.1, 0.15) is 0 Å². The number of rotatable bonds is 2. The van der Waals surface area contributed by atoms with Gasteiger partial charge < -0.3 is 10.2 Å². The number of aryl methyl sites for hydroxylation is 1. The van der Waals surface area contributed by atoms with Gasteiger partial charge >= 0.3 is 0 Å². The van der Waals surface area contributed by atoms with E-state index in [1.54, 1.807) is 16.6 Å². The molecule has 126 valence electrons. The Hall–Kier alpha value is -2.34. The first-order valence-electron chi connectivity index (χ1n) is 7.80. The van der Waals surface area contributed by atoms with E-state index in [0.717, 1.165) is 11.3 Å². The van der Waals surface area contributed by atoms with E-state index in [1.165, 1.54) is 0 Å². The van der Waals surface area contributed by atoms with Gasteiger partial charge in [-0.1, -0.05) is 41.9 Å². The van der Waals surface area contributed by atoms with Crippen molar-refractivity contribution in [2.75, 3.05) is 13.1 Å². The van der Waals surface area contributed by atoms with Crippen LogP contribution in [0.15, 0.2) is 30.3 Å². The molecule has 7 heteroatoms. The first-order chi connectivity index (χ1) is 11.5. The van der Waals surface area contributed by atoms with Gasteiger partial charge in [-0.3, -0.25) is 14.3 Å². The zero-order chi connectivity index (χ0) is 17.3. The maximum absolute atomic E-state index is 13.1. The van der Waals surface area contributed by atoms with E-state index in [1.807, 2.05) is 37.3 Å². The summed E-state index contributed by atoms with van der Waals surface area (Å²) < 4.78 is 1.59. The Labute approximate surface area is 145 Å². The molecule has 2 heterocycles. The highest BCUT2D eigenvalue weighted by molar-refractivity contribution is 6.34. The summed E-state index contributed by atoms with van der Waals surface area (Å²) >= 11 is 6.28. The molecular formula is C17H19ClN4O2. The molecule has 3 rings (SSSR count). The van der Waals surface area contributed by atoms with Crippen molar-refractivity contribution in [3.63, 3.8) is 0 Å². The molecule has 0 aliphatic carbocycles. The molecule has 0 spiro atoms. The Bertz CT molecular complexity index is 772. The number of hydrogen-bond donors (Lipinski definition) is 1. The normalized spacial score (nSPS) is 18.2. The third-order valence-electron chi connectivity index (χ3n) is 4.34. The van der Waals surface area contributed by atoms with Gasteiger partial charge in [-0.15, -0.1) is 0 Å². The third kappa shape index (κ3) is 3.01. The van der Waals surface area contributed by atoms with Crippen LogP contribution < -0.4 is 5.32 Å². The van der Waals surface area contributed by atoms with E-state index in [4.69, 9.17) is 11.6 Å². The van der Waals surface area contributed by atoms with E-state index >= 15 is 0 Å². The molecule has 1 aliphatic heterocycles. The zero-order valence-electron chi connectivity index (χ0n) is 13.6. The van der Waals surface area contributed by atoms with Crippen LogP contribution in [0.4, 0.5) is 0 Å². The lowest BCUT2D eigenvalue weighted by molar-refractivity contribution is -0.121. The number of nitrogens with one attached hydrogen (secondary N) is 1. The second-order valence-corrected chi connectivity index (χ2v) is 6.23. The average Bonchev–Trinajstić information content (AvgIpc) is 2.76. The fraction of sp³-hybridized carbons (Fsp3) is 0.353. The van der Waals surface area contributed by atoms with E-state index < -0.39 is 0 Å². The summed E-state index contributed by atoms with van der Waals surface area (Å²) in [4.78, 5) is 26.7. The van der Waals surface area contributed by atoms with Crippen LogP contribution in [0.2, 0.25) is 5.02 Å². The summed E-state index contributed by atoms with van der Waals surface area (Å²) in [5.74, 6) is -0.323. The molecule has 1 aliphatic rings. The van der Waals surface area contributed by atoms with E-state index in [2.05, 4.69) is 10.4 Å². The van der Waals surface area contributed by atoms with Crippen molar-refractivity contribution in [3.8, 4) is 0 Å². The molecule has 1 saturated heterocycles. The number of carbonyl (C=O) groups is 2. The summed E-state index contributed by atoms with van der Waals surface area (Å²) in [6, 6.07) is 9.23. The number of aromatic nitrogens is 2. The van der Waals surface area contributed by atoms with Crippen molar-refractivity contribution in [2.45, 2.75) is 19.4 Å². The largest absolute Gasteiger partial charge is 0.354 e.